The van der Waals surface area contributed by atoms with Crippen LogP contribution < -0.4 is 19.3 Å². The van der Waals surface area contributed by atoms with Crippen molar-refractivity contribution in [3.8, 4) is 11.5 Å². The Morgan fingerprint density at radius 1 is 1.00 bits per heavy atom. The quantitative estimate of drug-likeness (QED) is 0.707. The smallest absolute Gasteiger partial charge is 0.277 e. The Morgan fingerprint density at radius 2 is 1.62 bits per heavy atom. The molecule has 2 aromatic rings. The molecule has 0 saturated carbocycles. The molecule has 0 bridgehead atoms. The number of carbonyl (C=O) groups excluding carboxylic acids is 1. The van der Waals surface area contributed by atoms with Gasteiger partial charge in [-0.15, -0.1) is 0 Å². The second kappa shape index (κ2) is 10.4. The number of ether oxygens (including phenoxy) is 2. The highest BCUT2D eigenvalue weighted by Crippen LogP contribution is 2.20. The zero-order chi connectivity index (χ0) is 20.6. The lowest BCUT2D eigenvalue weighted by Gasteiger charge is -2.36. The molecule has 2 aromatic carbocycles. The number of benzene rings is 2. The van der Waals surface area contributed by atoms with Crippen LogP contribution in [0.25, 0.3) is 0 Å². The van der Waals surface area contributed by atoms with Gasteiger partial charge < -0.3 is 24.2 Å². The molecular formula is C22H29ClN3O3+. The first-order valence-corrected chi connectivity index (χ1v) is 10.3. The number of hydrogen-bond acceptors (Lipinski definition) is 4. The average molecular weight is 419 g/mol. The van der Waals surface area contributed by atoms with E-state index in [2.05, 4.69) is 17.0 Å². The van der Waals surface area contributed by atoms with Crippen molar-refractivity contribution in [3.05, 3.63) is 53.6 Å². The van der Waals surface area contributed by atoms with Crippen LogP contribution >= 0.6 is 11.6 Å². The van der Waals surface area contributed by atoms with Crippen LogP contribution in [0.5, 0.6) is 11.5 Å². The van der Waals surface area contributed by atoms with Gasteiger partial charge in [-0.25, -0.2) is 0 Å². The minimum absolute atomic E-state index is 0.198. The van der Waals surface area contributed by atoms with E-state index < -0.39 is 0 Å². The van der Waals surface area contributed by atoms with Gasteiger partial charge in [0.15, 0.2) is 6.54 Å². The number of rotatable bonds is 8. The Morgan fingerprint density at radius 3 is 2.24 bits per heavy atom. The fourth-order valence-corrected chi connectivity index (χ4v) is 3.47. The van der Waals surface area contributed by atoms with Crippen molar-refractivity contribution in [1.29, 1.82) is 0 Å². The predicted molar refractivity (Wildman–Crippen MR) is 115 cm³/mol. The summed E-state index contributed by atoms with van der Waals surface area (Å²) in [5.41, 5.74) is 1.17. The second-order valence-electron chi connectivity index (χ2n) is 7.25. The molecule has 1 aliphatic rings. The molecule has 0 aromatic heterocycles. The number of quaternary nitrogens is 1. The Bertz CT molecular complexity index is 775. The number of piperazine rings is 1. The fourth-order valence-electron chi connectivity index (χ4n) is 3.34. The van der Waals surface area contributed by atoms with Crippen LogP contribution in [0, 0.1) is 0 Å². The molecular weight excluding hydrogens is 390 g/mol. The van der Waals surface area contributed by atoms with Crippen molar-refractivity contribution >= 4 is 23.2 Å². The molecule has 7 heteroatoms. The van der Waals surface area contributed by atoms with Gasteiger partial charge in [0, 0.05) is 36.9 Å². The number of amides is 1. The molecule has 1 amide bonds. The van der Waals surface area contributed by atoms with Crippen molar-refractivity contribution in [2.75, 3.05) is 64.9 Å². The van der Waals surface area contributed by atoms with Crippen molar-refractivity contribution in [2.45, 2.75) is 0 Å². The average Bonchev–Trinajstić information content (AvgIpc) is 2.75. The van der Waals surface area contributed by atoms with Crippen molar-refractivity contribution in [1.82, 2.24) is 4.90 Å². The van der Waals surface area contributed by atoms with Crippen LogP contribution in [0.3, 0.4) is 0 Å². The Labute approximate surface area is 177 Å². The lowest BCUT2D eigenvalue weighted by molar-refractivity contribution is -0.871. The molecule has 0 aliphatic carbocycles. The zero-order valence-corrected chi connectivity index (χ0v) is 17.8. The highest BCUT2D eigenvalue weighted by Gasteiger charge is 2.23. The molecule has 1 N–H and O–H groups in total. The zero-order valence-electron chi connectivity index (χ0n) is 17.1. The van der Waals surface area contributed by atoms with Crippen molar-refractivity contribution in [3.63, 3.8) is 0 Å². The first-order valence-electron chi connectivity index (χ1n) is 9.91. The number of methoxy groups -OCH3 is 1. The molecule has 1 unspecified atom stereocenters. The minimum Gasteiger partial charge on any atom is -0.497 e. The van der Waals surface area contributed by atoms with E-state index in [4.69, 9.17) is 21.1 Å². The number of likely N-dealkylation sites (N-methyl/N-ethyl adjacent to an activating group) is 1. The minimum atomic E-state index is 0.198. The summed E-state index contributed by atoms with van der Waals surface area (Å²) in [7, 11) is 3.69. The molecule has 1 fully saturated rings. The maximum absolute atomic E-state index is 12.6. The van der Waals surface area contributed by atoms with Crippen LogP contribution in [0.4, 0.5) is 5.69 Å². The number of nitrogens with one attached hydrogen (secondary N) is 1. The summed E-state index contributed by atoms with van der Waals surface area (Å²) in [6, 6.07) is 15.4. The second-order valence-corrected chi connectivity index (χ2v) is 7.69. The number of halogens is 1. The largest absolute Gasteiger partial charge is 0.497 e. The summed E-state index contributed by atoms with van der Waals surface area (Å²) >= 11 is 5.87. The highest BCUT2D eigenvalue weighted by atomic mass is 35.5. The SMILES string of the molecule is COc1ccc(N2CCN(C(=O)C[NH+](C)CCOc3ccc(Cl)cc3)CC2)cc1. The summed E-state index contributed by atoms with van der Waals surface area (Å²) < 4.78 is 10.9. The third-order valence-corrected chi connectivity index (χ3v) is 5.39. The van der Waals surface area contributed by atoms with E-state index in [1.807, 2.05) is 48.3 Å². The summed E-state index contributed by atoms with van der Waals surface area (Å²) in [5.74, 6) is 1.85. The van der Waals surface area contributed by atoms with Crippen LogP contribution in [0.15, 0.2) is 48.5 Å². The van der Waals surface area contributed by atoms with Gasteiger partial charge in [-0.3, -0.25) is 4.79 Å². The third-order valence-electron chi connectivity index (χ3n) is 5.13. The molecule has 1 aliphatic heterocycles. The lowest BCUT2D eigenvalue weighted by Crippen LogP contribution is -3.10. The molecule has 1 saturated heterocycles. The Balaban J connectivity index is 1.37. The van der Waals surface area contributed by atoms with E-state index >= 15 is 0 Å². The summed E-state index contributed by atoms with van der Waals surface area (Å²) in [6.45, 7) is 4.99. The standard InChI is InChI=1S/C22H28ClN3O3/c1-24(15-16-29-21-7-3-18(23)4-8-21)17-22(27)26-13-11-25(12-14-26)19-5-9-20(28-2)10-6-19/h3-10H,11-17H2,1-2H3/p+1. The molecule has 1 heterocycles. The van der Waals surface area contributed by atoms with E-state index in [0.29, 0.717) is 18.2 Å². The summed E-state index contributed by atoms with van der Waals surface area (Å²) in [5, 5.41) is 0.692. The molecule has 1 atom stereocenters. The monoisotopic (exact) mass is 418 g/mol. The van der Waals surface area contributed by atoms with Crippen LogP contribution in [-0.4, -0.2) is 70.8 Å². The normalized spacial score (nSPS) is 15.1. The molecule has 156 valence electrons. The molecule has 29 heavy (non-hydrogen) atoms. The number of carbonyl (C=O) groups is 1. The van der Waals surface area contributed by atoms with Gasteiger partial charge in [-0.05, 0) is 48.5 Å². The lowest BCUT2D eigenvalue weighted by atomic mass is 10.2. The molecule has 0 spiro atoms. The first kappa shape index (κ1) is 21.3. The number of nitrogens with zero attached hydrogens (tertiary/aromatic N) is 2. The molecule has 6 nitrogen and oxygen atoms in total. The summed E-state index contributed by atoms with van der Waals surface area (Å²) in [6.07, 6.45) is 0. The third kappa shape index (κ3) is 6.27. The van der Waals surface area contributed by atoms with E-state index in [1.165, 1.54) is 5.69 Å². The number of hydrogen-bond donors (Lipinski definition) is 1. The Hall–Kier alpha value is -2.44. The van der Waals surface area contributed by atoms with E-state index in [-0.39, 0.29) is 5.91 Å². The van der Waals surface area contributed by atoms with Gasteiger partial charge in [0.25, 0.3) is 5.91 Å². The van der Waals surface area contributed by atoms with Crippen LogP contribution in [0.1, 0.15) is 0 Å². The molecule has 3 rings (SSSR count). The van der Waals surface area contributed by atoms with E-state index in [9.17, 15) is 4.79 Å². The topological polar surface area (TPSA) is 46.5 Å². The van der Waals surface area contributed by atoms with Gasteiger partial charge in [-0.1, -0.05) is 11.6 Å². The first-order chi connectivity index (χ1) is 14.0. The fraction of sp³-hybridized carbons (Fsp3) is 0.409. The number of anilines is 1. The van der Waals surface area contributed by atoms with Crippen LogP contribution in [-0.2, 0) is 4.79 Å². The van der Waals surface area contributed by atoms with Crippen molar-refractivity contribution in [2.24, 2.45) is 0 Å². The maximum atomic E-state index is 12.6. The van der Waals surface area contributed by atoms with Crippen molar-refractivity contribution < 1.29 is 19.2 Å². The van der Waals surface area contributed by atoms with Gasteiger partial charge in [0.1, 0.15) is 24.7 Å². The van der Waals surface area contributed by atoms with E-state index in [1.54, 1.807) is 7.11 Å². The van der Waals surface area contributed by atoms with Gasteiger partial charge >= 0.3 is 0 Å². The Kier molecular flexibility index (Phi) is 7.61. The molecule has 0 radical (unpaired) electrons. The predicted octanol–water partition coefficient (Wildman–Crippen LogP) is 1.59. The summed E-state index contributed by atoms with van der Waals surface area (Å²) in [4.78, 5) is 18.0. The van der Waals surface area contributed by atoms with Gasteiger partial charge in [-0.2, -0.15) is 0 Å². The maximum Gasteiger partial charge on any atom is 0.277 e. The van der Waals surface area contributed by atoms with Gasteiger partial charge in [0.2, 0.25) is 0 Å². The van der Waals surface area contributed by atoms with Crippen LogP contribution in [0.2, 0.25) is 5.02 Å². The highest BCUT2D eigenvalue weighted by molar-refractivity contribution is 6.30. The van der Waals surface area contributed by atoms with E-state index in [0.717, 1.165) is 49.1 Å². The van der Waals surface area contributed by atoms with Gasteiger partial charge in [0.05, 0.1) is 14.2 Å².